The quantitative estimate of drug-likeness (QED) is 0.828. The summed E-state index contributed by atoms with van der Waals surface area (Å²) in [5.41, 5.74) is 1.76. The molecule has 4 nitrogen and oxygen atoms in total. The van der Waals surface area contributed by atoms with Gasteiger partial charge in [0.05, 0.1) is 0 Å². The molecule has 0 saturated carbocycles. The predicted molar refractivity (Wildman–Crippen MR) is 81.6 cm³/mol. The van der Waals surface area contributed by atoms with Gasteiger partial charge in [-0.25, -0.2) is 4.79 Å². The SMILES string of the molecule is Cc1cc(Br)ccc1NCCNC(=O)OC(C)(C)C. The Morgan fingerprint density at radius 2 is 2.00 bits per heavy atom. The van der Waals surface area contributed by atoms with Crippen LogP contribution in [-0.2, 0) is 4.74 Å². The molecule has 0 unspecified atom stereocenters. The zero-order valence-electron chi connectivity index (χ0n) is 11.8. The van der Waals surface area contributed by atoms with Crippen molar-refractivity contribution in [3.8, 4) is 0 Å². The highest BCUT2D eigenvalue weighted by molar-refractivity contribution is 9.10. The van der Waals surface area contributed by atoms with Crippen LogP contribution in [0.5, 0.6) is 0 Å². The number of anilines is 1. The van der Waals surface area contributed by atoms with E-state index in [9.17, 15) is 4.79 Å². The van der Waals surface area contributed by atoms with E-state index < -0.39 is 5.60 Å². The van der Waals surface area contributed by atoms with Gasteiger partial charge >= 0.3 is 6.09 Å². The van der Waals surface area contributed by atoms with Crippen molar-refractivity contribution < 1.29 is 9.53 Å². The van der Waals surface area contributed by atoms with Crippen molar-refractivity contribution in [1.82, 2.24) is 5.32 Å². The fourth-order valence-corrected chi connectivity index (χ4v) is 1.98. The standard InChI is InChI=1S/C14H21BrN2O2/c1-10-9-11(15)5-6-12(10)16-7-8-17-13(18)19-14(2,3)4/h5-6,9,16H,7-8H2,1-4H3,(H,17,18). The third-order valence-corrected chi connectivity index (χ3v) is 2.79. The Hall–Kier alpha value is -1.23. The molecule has 0 aromatic heterocycles. The van der Waals surface area contributed by atoms with Crippen molar-refractivity contribution in [1.29, 1.82) is 0 Å². The molecule has 1 aromatic carbocycles. The van der Waals surface area contributed by atoms with Gasteiger partial charge in [-0.05, 0) is 51.5 Å². The van der Waals surface area contributed by atoms with Gasteiger partial charge in [-0.2, -0.15) is 0 Å². The molecular formula is C14H21BrN2O2. The first kappa shape index (κ1) is 15.8. The van der Waals surface area contributed by atoms with Gasteiger partial charge in [0.15, 0.2) is 0 Å². The number of halogens is 1. The predicted octanol–water partition coefficient (Wildman–Crippen LogP) is 3.69. The molecule has 0 bridgehead atoms. The van der Waals surface area contributed by atoms with Gasteiger partial charge in [-0.3, -0.25) is 0 Å². The van der Waals surface area contributed by atoms with Crippen molar-refractivity contribution in [2.24, 2.45) is 0 Å². The van der Waals surface area contributed by atoms with Crippen LogP contribution in [0.25, 0.3) is 0 Å². The van der Waals surface area contributed by atoms with Crippen LogP contribution in [0.1, 0.15) is 26.3 Å². The summed E-state index contributed by atoms with van der Waals surface area (Å²) in [4.78, 5) is 11.4. The topological polar surface area (TPSA) is 50.4 Å². The Labute approximate surface area is 123 Å². The van der Waals surface area contributed by atoms with E-state index >= 15 is 0 Å². The lowest BCUT2D eigenvalue weighted by Gasteiger charge is -2.19. The molecule has 1 rings (SSSR count). The lowest BCUT2D eigenvalue weighted by atomic mass is 10.2. The molecule has 5 heteroatoms. The molecule has 19 heavy (non-hydrogen) atoms. The van der Waals surface area contributed by atoms with Gasteiger partial charge in [-0.15, -0.1) is 0 Å². The van der Waals surface area contributed by atoms with E-state index in [0.717, 1.165) is 15.7 Å². The van der Waals surface area contributed by atoms with Crippen LogP contribution in [-0.4, -0.2) is 24.8 Å². The van der Waals surface area contributed by atoms with Gasteiger partial charge in [0.25, 0.3) is 0 Å². The van der Waals surface area contributed by atoms with Gasteiger partial charge in [0, 0.05) is 23.2 Å². The number of rotatable bonds is 4. The number of nitrogens with one attached hydrogen (secondary N) is 2. The minimum Gasteiger partial charge on any atom is -0.444 e. The molecule has 1 amide bonds. The Balaban J connectivity index is 2.29. The molecule has 0 aliphatic carbocycles. The molecule has 2 N–H and O–H groups in total. The minimum atomic E-state index is -0.459. The summed E-state index contributed by atoms with van der Waals surface area (Å²) in [6.45, 7) is 8.74. The highest BCUT2D eigenvalue weighted by Crippen LogP contribution is 2.19. The number of carbonyl (C=O) groups is 1. The second-order valence-electron chi connectivity index (χ2n) is 5.31. The van der Waals surface area contributed by atoms with Gasteiger partial charge in [0.2, 0.25) is 0 Å². The van der Waals surface area contributed by atoms with Crippen molar-refractivity contribution >= 4 is 27.7 Å². The number of hydrogen-bond acceptors (Lipinski definition) is 3. The van der Waals surface area contributed by atoms with Crippen molar-refractivity contribution in [2.45, 2.75) is 33.3 Å². The van der Waals surface area contributed by atoms with E-state index in [1.54, 1.807) is 0 Å². The number of benzene rings is 1. The summed E-state index contributed by atoms with van der Waals surface area (Å²) in [7, 11) is 0. The summed E-state index contributed by atoms with van der Waals surface area (Å²) in [5, 5.41) is 5.97. The monoisotopic (exact) mass is 328 g/mol. The van der Waals surface area contributed by atoms with Crippen LogP contribution < -0.4 is 10.6 Å². The number of amides is 1. The molecule has 0 aliphatic rings. The fourth-order valence-electron chi connectivity index (χ4n) is 1.50. The highest BCUT2D eigenvalue weighted by Gasteiger charge is 2.15. The number of aryl methyl sites for hydroxylation is 1. The van der Waals surface area contributed by atoms with E-state index in [-0.39, 0.29) is 6.09 Å². The molecule has 0 aliphatic heterocycles. The molecule has 0 spiro atoms. The summed E-state index contributed by atoms with van der Waals surface area (Å²) < 4.78 is 6.20. The Morgan fingerprint density at radius 1 is 1.32 bits per heavy atom. The molecule has 0 fully saturated rings. The van der Waals surface area contributed by atoms with Crippen molar-refractivity contribution in [3.63, 3.8) is 0 Å². The number of ether oxygens (including phenoxy) is 1. The number of hydrogen-bond donors (Lipinski definition) is 2. The number of carbonyl (C=O) groups excluding carboxylic acids is 1. The third kappa shape index (κ3) is 6.47. The van der Waals surface area contributed by atoms with Gasteiger partial charge in [0.1, 0.15) is 5.60 Å². The van der Waals surface area contributed by atoms with Crippen LogP contribution >= 0.6 is 15.9 Å². The van der Waals surface area contributed by atoms with E-state index in [2.05, 4.69) is 26.6 Å². The van der Waals surface area contributed by atoms with Crippen LogP contribution in [0.15, 0.2) is 22.7 Å². The van der Waals surface area contributed by atoms with Gasteiger partial charge in [-0.1, -0.05) is 15.9 Å². The first-order chi connectivity index (χ1) is 8.78. The normalized spacial score (nSPS) is 11.0. The van der Waals surface area contributed by atoms with E-state index in [1.165, 1.54) is 0 Å². The first-order valence-corrected chi connectivity index (χ1v) is 7.04. The molecule has 0 heterocycles. The first-order valence-electron chi connectivity index (χ1n) is 6.25. The molecular weight excluding hydrogens is 308 g/mol. The second-order valence-corrected chi connectivity index (χ2v) is 6.23. The van der Waals surface area contributed by atoms with E-state index in [1.807, 2.05) is 45.9 Å². The Bertz CT molecular complexity index is 442. The summed E-state index contributed by atoms with van der Waals surface area (Å²) in [5.74, 6) is 0. The zero-order valence-corrected chi connectivity index (χ0v) is 13.4. The van der Waals surface area contributed by atoms with Crippen LogP contribution in [0, 0.1) is 6.92 Å². The third-order valence-electron chi connectivity index (χ3n) is 2.30. The van der Waals surface area contributed by atoms with Crippen molar-refractivity contribution in [2.75, 3.05) is 18.4 Å². The van der Waals surface area contributed by atoms with E-state index in [4.69, 9.17) is 4.74 Å². The maximum atomic E-state index is 11.4. The second kappa shape index (κ2) is 6.80. The molecule has 1 aromatic rings. The lowest BCUT2D eigenvalue weighted by Crippen LogP contribution is -2.35. The Morgan fingerprint density at radius 3 is 2.58 bits per heavy atom. The summed E-state index contributed by atoms with van der Waals surface area (Å²) in [6, 6.07) is 6.03. The van der Waals surface area contributed by atoms with Crippen LogP contribution in [0.2, 0.25) is 0 Å². The lowest BCUT2D eigenvalue weighted by molar-refractivity contribution is 0.0530. The van der Waals surface area contributed by atoms with E-state index in [0.29, 0.717) is 13.1 Å². The van der Waals surface area contributed by atoms with Crippen LogP contribution in [0.3, 0.4) is 0 Å². The zero-order chi connectivity index (χ0) is 14.5. The molecule has 106 valence electrons. The highest BCUT2D eigenvalue weighted by atomic mass is 79.9. The Kier molecular flexibility index (Phi) is 5.66. The fraction of sp³-hybridized carbons (Fsp3) is 0.500. The maximum absolute atomic E-state index is 11.4. The van der Waals surface area contributed by atoms with Crippen molar-refractivity contribution in [3.05, 3.63) is 28.2 Å². The van der Waals surface area contributed by atoms with Gasteiger partial charge < -0.3 is 15.4 Å². The molecule has 0 atom stereocenters. The molecule has 0 radical (unpaired) electrons. The average Bonchev–Trinajstić information content (AvgIpc) is 2.24. The number of alkyl carbamates (subject to hydrolysis) is 1. The minimum absolute atomic E-state index is 0.387. The summed E-state index contributed by atoms with van der Waals surface area (Å²) >= 11 is 3.42. The largest absolute Gasteiger partial charge is 0.444 e. The maximum Gasteiger partial charge on any atom is 0.407 e. The molecule has 0 saturated heterocycles. The smallest absolute Gasteiger partial charge is 0.407 e. The average molecular weight is 329 g/mol. The summed E-state index contributed by atoms with van der Waals surface area (Å²) in [6.07, 6.45) is -0.387. The van der Waals surface area contributed by atoms with Crippen LogP contribution in [0.4, 0.5) is 10.5 Å².